The fraction of sp³-hybridized carbons (Fsp3) is 0.733. The minimum atomic E-state index is -1.24. The van der Waals surface area contributed by atoms with Gasteiger partial charge in [0.2, 0.25) is 0 Å². The third kappa shape index (κ3) is 12.1. The minimum absolute atomic E-state index is 0.0689. The second-order valence-corrected chi connectivity index (χ2v) is 6.16. The molecule has 0 heterocycles. The number of carboxylic acids is 1. The van der Waals surface area contributed by atoms with Gasteiger partial charge in [0.15, 0.2) is 6.10 Å². The van der Waals surface area contributed by atoms with Gasteiger partial charge in [0.1, 0.15) is 6.54 Å². The molecule has 2 atom stereocenters. The fourth-order valence-electron chi connectivity index (χ4n) is 1.88. The fourth-order valence-corrected chi connectivity index (χ4v) is 1.88. The van der Waals surface area contributed by atoms with E-state index in [9.17, 15) is 19.8 Å². The zero-order valence-electron chi connectivity index (χ0n) is 13.4. The third-order valence-corrected chi connectivity index (χ3v) is 2.77. The largest absolute Gasteiger partial charge is 0.550 e. The Labute approximate surface area is 126 Å². The topological polar surface area (TPSA) is 86.7 Å². The number of allylic oxidation sites excluding steroid dienone is 1. The number of carboxylic acid groups (broad SMARTS) is 1. The molecule has 0 radical (unpaired) electrons. The molecule has 0 rings (SSSR count). The van der Waals surface area contributed by atoms with Crippen molar-refractivity contribution in [3.8, 4) is 0 Å². The second-order valence-electron chi connectivity index (χ2n) is 6.16. The van der Waals surface area contributed by atoms with Crippen molar-refractivity contribution >= 4 is 11.9 Å². The lowest BCUT2D eigenvalue weighted by atomic mass is 10.1. The maximum absolute atomic E-state index is 11.7. The second kappa shape index (κ2) is 9.52. The van der Waals surface area contributed by atoms with E-state index in [0.29, 0.717) is 23.9 Å². The van der Waals surface area contributed by atoms with Crippen molar-refractivity contribution < 1.29 is 29.0 Å². The molecule has 122 valence electrons. The van der Waals surface area contributed by atoms with Crippen molar-refractivity contribution in [1.29, 1.82) is 0 Å². The highest BCUT2D eigenvalue weighted by atomic mass is 16.5. The van der Waals surface area contributed by atoms with Gasteiger partial charge in [-0.25, -0.2) is 0 Å². The van der Waals surface area contributed by atoms with Crippen LogP contribution in [0.2, 0.25) is 0 Å². The van der Waals surface area contributed by atoms with E-state index in [0.717, 1.165) is 0 Å². The van der Waals surface area contributed by atoms with Crippen LogP contribution in [0.1, 0.15) is 32.6 Å². The highest BCUT2D eigenvalue weighted by Crippen LogP contribution is 2.09. The lowest BCUT2D eigenvalue weighted by molar-refractivity contribution is -0.873. The number of likely N-dealkylation sites (N-methyl/N-ethyl adjacent to an activating group) is 1. The van der Waals surface area contributed by atoms with Crippen LogP contribution in [-0.4, -0.2) is 61.4 Å². The van der Waals surface area contributed by atoms with E-state index in [4.69, 9.17) is 4.74 Å². The van der Waals surface area contributed by atoms with Gasteiger partial charge in [-0.15, -0.1) is 0 Å². The van der Waals surface area contributed by atoms with E-state index in [-0.39, 0.29) is 12.8 Å². The van der Waals surface area contributed by atoms with Gasteiger partial charge in [-0.3, -0.25) is 4.79 Å². The number of ether oxygens (including phenoxy) is 1. The Morgan fingerprint density at radius 1 is 1.33 bits per heavy atom. The number of quaternary nitrogens is 1. The summed E-state index contributed by atoms with van der Waals surface area (Å²) in [5, 5.41) is 20.3. The molecule has 2 unspecified atom stereocenters. The first-order valence-corrected chi connectivity index (χ1v) is 7.13. The Hall–Kier alpha value is -1.40. The number of hydrogen-bond donors (Lipinski definition) is 1. The van der Waals surface area contributed by atoms with Crippen molar-refractivity contribution in [3.05, 3.63) is 12.2 Å². The van der Waals surface area contributed by atoms with Crippen molar-refractivity contribution in [3.63, 3.8) is 0 Å². The van der Waals surface area contributed by atoms with Crippen LogP contribution in [0.4, 0.5) is 0 Å². The van der Waals surface area contributed by atoms with E-state index in [1.54, 1.807) is 0 Å². The van der Waals surface area contributed by atoms with Crippen LogP contribution in [0, 0.1) is 0 Å². The Balaban J connectivity index is 4.29. The van der Waals surface area contributed by atoms with Crippen molar-refractivity contribution in [1.82, 2.24) is 0 Å². The summed E-state index contributed by atoms with van der Waals surface area (Å²) in [5.74, 6) is -1.73. The highest BCUT2D eigenvalue weighted by molar-refractivity contribution is 5.70. The molecule has 0 aromatic rings. The monoisotopic (exact) mass is 301 g/mol. The molecule has 0 aliphatic heterocycles. The van der Waals surface area contributed by atoms with Gasteiger partial charge >= 0.3 is 5.97 Å². The summed E-state index contributed by atoms with van der Waals surface area (Å²) < 4.78 is 5.67. The molecule has 0 fully saturated rings. The van der Waals surface area contributed by atoms with Gasteiger partial charge < -0.3 is 24.2 Å². The summed E-state index contributed by atoms with van der Waals surface area (Å²) in [6.45, 7) is 2.25. The number of nitrogens with zero attached hydrogens (tertiary/aromatic N) is 1. The molecular formula is C15H27NO5. The first-order valence-electron chi connectivity index (χ1n) is 7.13. The predicted octanol–water partition coefficient (Wildman–Crippen LogP) is -0.148. The standard InChI is InChI=1S/C15H27NO5/c1-5-6-7-12(17)8-9-15(20)21-13(10-14(18)19)11-16(2,3)4/h5-6,12-13,17H,7-11H2,1-4H3/b6-5+. The van der Waals surface area contributed by atoms with Crippen LogP contribution < -0.4 is 5.11 Å². The maximum atomic E-state index is 11.7. The molecule has 1 N–H and O–H groups in total. The summed E-state index contributed by atoms with van der Waals surface area (Å²) >= 11 is 0. The van der Waals surface area contributed by atoms with Gasteiger partial charge in [0.25, 0.3) is 0 Å². The molecule has 21 heavy (non-hydrogen) atoms. The summed E-state index contributed by atoms with van der Waals surface area (Å²) in [5.41, 5.74) is 0. The third-order valence-electron chi connectivity index (χ3n) is 2.77. The molecule has 0 bridgehead atoms. The number of aliphatic hydroxyl groups is 1. The van der Waals surface area contributed by atoms with Gasteiger partial charge in [-0.2, -0.15) is 0 Å². The number of carbonyl (C=O) groups is 2. The van der Waals surface area contributed by atoms with Gasteiger partial charge in [-0.05, 0) is 19.8 Å². The number of aliphatic hydroxyl groups excluding tert-OH is 1. The molecule has 0 aliphatic carbocycles. The average Bonchev–Trinajstić information content (AvgIpc) is 2.30. The first kappa shape index (κ1) is 19.6. The smallest absolute Gasteiger partial charge is 0.306 e. The minimum Gasteiger partial charge on any atom is -0.550 e. The molecule has 0 aliphatic rings. The highest BCUT2D eigenvalue weighted by Gasteiger charge is 2.22. The molecule has 0 saturated heterocycles. The van der Waals surface area contributed by atoms with E-state index in [1.165, 1.54) is 0 Å². The number of aliphatic carboxylic acids is 1. The van der Waals surface area contributed by atoms with Crippen LogP contribution in [-0.2, 0) is 14.3 Å². The number of carbonyl (C=O) groups excluding carboxylic acids is 2. The Bertz CT molecular complexity index is 360. The quantitative estimate of drug-likeness (QED) is 0.344. The SMILES string of the molecule is C/C=C/CC(O)CCC(=O)OC(CC(=O)[O-])C[N+](C)(C)C. The summed E-state index contributed by atoms with van der Waals surface area (Å²) in [6, 6.07) is 0. The normalized spacial score (nSPS) is 14.9. The van der Waals surface area contributed by atoms with Crippen LogP contribution in [0.25, 0.3) is 0 Å². The average molecular weight is 301 g/mol. The lowest BCUT2D eigenvalue weighted by Crippen LogP contribution is -2.45. The van der Waals surface area contributed by atoms with Gasteiger partial charge in [0, 0.05) is 18.8 Å². The molecule has 0 aromatic heterocycles. The summed E-state index contributed by atoms with van der Waals surface area (Å²) in [6.07, 6.45) is 2.89. The van der Waals surface area contributed by atoms with Crippen molar-refractivity contribution in [2.45, 2.75) is 44.8 Å². The molecule has 0 amide bonds. The Kier molecular flexibility index (Phi) is 8.89. The van der Waals surface area contributed by atoms with E-state index < -0.39 is 24.1 Å². The van der Waals surface area contributed by atoms with Crippen LogP contribution >= 0.6 is 0 Å². The summed E-state index contributed by atoms with van der Waals surface area (Å²) in [7, 11) is 5.66. The van der Waals surface area contributed by atoms with Crippen LogP contribution in [0.5, 0.6) is 0 Å². The van der Waals surface area contributed by atoms with E-state index in [1.807, 2.05) is 40.2 Å². The zero-order chi connectivity index (χ0) is 16.5. The first-order chi connectivity index (χ1) is 9.64. The Morgan fingerprint density at radius 3 is 2.43 bits per heavy atom. The predicted molar refractivity (Wildman–Crippen MR) is 77.1 cm³/mol. The lowest BCUT2D eigenvalue weighted by Gasteiger charge is -2.29. The van der Waals surface area contributed by atoms with E-state index in [2.05, 4.69) is 0 Å². The summed E-state index contributed by atoms with van der Waals surface area (Å²) in [4.78, 5) is 22.4. The molecule has 6 heteroatoms. The maximum Gasteiger partial charge on any atom is 0.306 e. The number of esters is 1. The molecular weight excluding hydrogens is 274 g/mol. The Morgan fingerprint density at radius 2 is 1.95 bits per heavy atom. The molecule has 0 aromatic carbocycles. The number of hydrogen-bond acceptors (Lipinski definition) is 5. The van der Waals surface area contributed by atoms with Crippen LogP contribution in [0.3, 0.4) is 0 Å². The number of rotatable bonds is 10. The van der Waals surface area contributed by atoms with Gasteiger partial charge in [0.05, 0.1) is 27.2 Å². The zero-order valence-corrected chi connectivity index (χ0v) is 13.4. The molecule has 6 nitrogen and oxygen atoms in total. The van der Waals surface area contributed by atoms with Crippen molar-refractivity contribution in [2.24, 2.45) is 0 Å². The van der Waals surface area contributed by atoms with Gasteiger partial charge in [-0.1, -0.05) is 12.2 Å². The molecule has 0 saturated carbocycles. The van der Waals surface area contributed by atoms with Crippen molar-refractivity contribution in [2.75, 3.05) is 27.7 Å². The van der Waals surface area contributed by atoms with Crippen LogP contribution in [0.15, 0.2) is 12.2 Å². The molecule has 0 spiro atoms. The van der Waals surface area contributed by atoms with E-state index >= 15 is 0 Å².